The molecule has 0 spiro atoms. The molecule has 1 aromatic heterocycles. The van der Waals surface area contributed by atoms with E-state index in [9.17, 15) is 4.39 Å². The van der Waals surface area contributed by atoms with Crippen molar-refractivity contribution in [1.82, 2.24) is 9.97 Å². The summed E-state index contributed by atoms with van der Waals surface area (Å²) >= 11 is 6.02. The fraction of sp³-hybridized carbons (Fsp3) is 0.214. The molecule has 1 heterocycles. The van der Waals surface area contributed by atoms with Crippen molar-refractivity contribution < 1.29 is 4.39 Å². The number of hydrogen-bond donors (Lipinski definition) is 1. The van der Waals surface area contributed by atoms with Crippen LogP contribution in [0.3, 0.4) is 0 Å². The number of nitriles is 1. The number of aromatic nitrogens is 2. The third kappa shape index (κ3) is 3.03. The molecular weight excluding hydrogens is 279 g/mol. The normalized spacial score (nSPS) is 10.3. The molecule has 0 radical (unpaired) electrons. The second-order valence-corrected chi connectivity index (χ2v) is 4.73. The first-order chi connectivity index (χ1) is 9.51. The van der Waals surface area contributed by atoms with Gasteiger partial charge < -0.3 is 5.73 Å². The summed E-state index contributed by atoms with van der Waals surface area (Å²) in [6, 6.07) is 6.72. The van der Waals surface area contributed by atoms with E-state index in [1.165, 1.54) is 6.07 Å². The molecule has 0 amide bonds. The lowest BCUT2D eigenvalue weighted by atomic mass is 10.0. The minimum atomic E-state index is -0.370. The Kier molecular flexibility index (Phi) is 4.16. The lowest BCUT2D eigenvalue weighted by Gasteiger charge is -2.09. The second-order valence-electron chi connectivity index (χ2n) is 4.37. The van der Waals surface area contributed by atoms with Gasteiger partial charge in [-0.3, -0.25) is 0 Å². The van der Waals surface area contributed by atoms with Crippen LogP contribution < -0.4 is 5.73 Å². The average molecular weight is 291 g/mol. The Morgan fingerprint density at radius 1 is 1.40 bits per heavy atom. The number of benzene rings is 1. The first kappa shape index (κ1) is 14.2. The van der Waals surface area contributed by atoms with E-state index in [-0.39, 0.29) is 29.8 Å². The molecule has 0 aliphatic rings. The van der Waals surface area contributed by atoms with Gasteiger partial charge in [0.15, 0.2) is 0 Å². The van der Waals surface area contributed by atoms with Crippen molar-refractivity contribution in [2.45, 2.75) is 19.8 Å². The monoisotopic (exact) mass is 290 g/mol. The maximum Gasteiger partial charge on any atom is 0.221 e. The summed E-state index contributed by atoms with van der Waals surface area (Å²) in [4.78, 5) is 7.90. The lowest BCUT2D eigenvalue weighted by molar-refractivity contribution is 0.612. The third-order valence-electron chi connectivity index (χ3n) is 2.95. The number of hydrogen-bond acceptors (Lipinski definition) is 4. The molecule has 0 aliphatic carbocycles. The van der Waals surface area contributed by atoms with E-state index in [2.05, 4.69) is 9.97 Å². The topological polar surface area (TPSA) is 75.6 Å². The van der Waals surface area contributed by atoms with Crippen LogP contribution in [0.15, 0.2) is 18.2 Å². The maximum atomic E-state index is 14.0. The first-order valence-corrected chi connectivity index (χ1v) is 6.31. The summed E-state index contributed by atoms with van der Waals surface area (Å²) in [6.07, 6.45) is 0.464. The highest BCUT2D eigenvalue weighted by Crippen LogP contribution is 2.22. The molecule has 1 aromatic carbocycles. The summed E-state index contributed by atoms with van der Waals surface area (Å²) < 4.78 is 14.0. The number of nitrogens with zero attached hydrogens (tertiary/aromatic N) is 3. The number of nitrogen functional groups attached to an aromatic ring is 1. The highest BCUT2D eigenvalue weighted by atomic mass is 35.5. The van der Waals surface area contributed by atoms with Gasteiger partial charge in [0.05, 0.1) is 12.5 Å². The van der Waals surface area contributed by atoms with E-state index in [1.54, 1.807) is 19.1 Å². The summed E-state index contributed by atoms with van der Waals surface area (Å²) in [5.74, 6) is -0.272. The van der Waals surface area contributed by atoms with Crippen molar-refractivity contribution in [2.75, 3.05) is 5.73 Å². The molecule has 0 atom stereocenters. The van der Waals surface area contributed by atoms with Crippen LogP contribution in [-0.2, 0) is 12.8 Å². The molecular formula is C14H12ClFN4. The van der Waals surface area contributed by atoms with Crippen LogP contribution in [0.4, 0.5) is 10.3 Å². The van der Waals surface area contributed by atoms with E-state index >= 15 is 0 Å². The number of anilines is 1. The Hall–Kier alpha value is -2.19. The summed E-state index contributed by atoms with van der Waals surface area (Å²) in [7, 11) is 0. The number of nitrogens with two attached hydrogens (primary N) is 1. The standard InChI is InChI=1S/C14H12ClFN4/c1-8-11(13(15)20-14(18)19-8)7-10-3-2-9(4-5-17)6-12(10)16/h2-3,6H,4,7H2,1H3,(H2,18,19,20). The molecule has 0 fully saturated rings. The van der Waals surface area contributed by atoms with E-state index in [1.807, 2.05) is 6.07 Å². The van der Waals surface area contributed by atoms with E-state index in [0.717, 1.165) is 0 Å². The maximum absolute atomic E-state index is 14.0. The first-order valence-electron chi connectivity index (χ1n) is 5.94. The number of rotatable bonds is 3. The fourth-order valence-electron chi connectivity index (χ4n) is 1.91. The Morgan fingerprint density at radius 3 is 2.75 bits per heavy atom. The van der Waals surface area contributed by atoms with Crippen molar-refractivity contribution in [3.8, 4) is 6.07 Å². The summed E-state index contributed by atoms with van der Waals surface area (Å²) in [6.45, 7) is 1.75. The molecule has 4 nitrogen and oxygen atoms in total. The smallest absolute Gasteiger partial charge is 0.221 e. The minimum absolute atomic E-state index is 0.0982. The molecule has 2 rings (SSSR count). The molecule has 0 saturated carbocycles. The molecule has 2 aromatic rings. The minimum Gasteiger partial charge on any atom is -0.368 e. The van der Waals surface area contributed by atoms with Gasteiger partial charge in [-0.25, -0.2) is 14.4 Å². The number of aryl methyl sites for hydroxylation is 1. The fourth-order valence-corrected chi connectivity index (χ4v) is 2.20. The van der Waals surface area contributed by atoms with Gasteiger partial charge >= 0.3 is 0 Å². The quantitative estimate of drug-likeness (QED) is 0.882. The second kappa shape index (κ2) is 5.85. The predicted molar refractivity (Wildman–Crippen MR) is 74.7 cm³/mol. The van der Waals surface area contributed by atoms with E-state index < -0.39 is 0 Å². The van der Waals surface area contributed by atoms with E-state index in [4.69, 9.17) is 22.6 Å². The molecule has 0 aliphatic heterocycles. The van der Waals surface area contributed by atoms with Gasteiger partial charge in [-0.15, -0.1) is 0 Å². The van der Waals surface area contributed by atoms with Gasteiger partial charge in [0, 0.05) is 17.7 Å². The molecule has 0 unspecified atom stereocenters. The molecule has 0 bridgehead atoms. The van der Waals surface area contributed by atoms with Crippen molar-refractivity contribution in [3.63, 3.8) is 0 Å². The average Bonchev–Trinajstić information content (AvgIpc) is 2.36. The lowest BCUT2D eigenvalue weighted by Crippen LogP contribution is -2.04. The molecule has 20 heavy (non-hydrogen) atoms. The van der Waals surface area contributed by atoms with Crippen LogP contribution in [0.2, 0.25) is 5.15 Å². The SMILES string of the molecule is Cc1nc(N)nc(Cl)c1Cc1ccc(CC#N)cc1F. The van der Waals surface area contributed by atoms with Gasteiger partial charge in [-0.1, -0.05) is 23.7 Å². The van der Waals surface area contributed by atoms with Gasteiger partial charge in [-0.05, 0) is 24.1 Å². The molecule has 6 heteroatoms. The summed E-state index contributed by atoms with van der Waals surface area (Å²) in [5.41, 5.74) is 7.89. The number of halogens is 2. The predicted octanol–water partition coefficient (Wildman–Crippen LogP) is 2.82. The Labute approximate surface area is 121 Å². The van der Waals surface area contributed by atoms with E-state index in [0.29, 0.717) is 22.4 Å². The van der Waals surface area contributed by atoms with Crippen molar-refractivity contribution in [3.05, 3.63) is 51.6 Å². The van der Waals surface area contributed by atoms with Crippen LogP contribution in [0.25, 0.3) is 0 Å². The zero-order chi connectivity index (χ0) is 14.7. The molecule has 2 N–H and O–H groups in total. The van der Waals surface area contributed by atoms with Gasteiger partial charge in [0.25, 0.3) is 0 Å². The highest BCUT2D eigenvalue weighted by molar-refractivity contribution is 6.30. The zero-order valence-electron chi connectivity index (χ0n) is 10.8. The zero-order valence-corrected chi connectivity index (χ0v) is 11.6. The van der Waals surface area contributed by atoms with Crippen LogP contribution in [-0.4, -0.2) is 9.97 Å². The molecule has 0 saturated heterocycles. The van der Waals surface area contributed by atoms with Crippen molar-refractivity contribution in [2.24, 2.45) is 0 Å². The van der Waals surface area contributed by atoms with Crippen LogP contribution in [0.1, 0.15) is 22.4 Å². The largest absolute Gasteiger partial charge is 0.368 e. The van der Waals surface area contributed by atoms with Crippen molar-refractivity contribution >= 4 is 17.5 Å². The Morgan fingerprint density at radius 2 is 2.15 bits per heavy atom. The van der Waals surface area contributed by atoms with Crippen molar-refractivity contribution in [1.29, 1.82) is 5.26 Å². The highest BCUT2D eigenvalue weighted by Gasteiger charge is 2.12. The summed E-state index contributed by atoms with van der Waals surface area (Å²) in [5, 5.41) is 8.83. The van der Waals surface area contributed by atoms with Crippen LogP contribution in [0, 0.1) is 24.1 Å². The Bertz CT molecular complexity index is 671. The van der Waals surface area contributed by atoms with Gasteiger partial charge in [0.2, 0.25) is 5.95 Å². The van der Waals surface area contributed by atoms with Gasteiger partial charge in [0.1, 0.15) is 11.0 Å². The third-order valence-corrected chi connectivity index (χ3v) is 3.26. The Balaban J connectivity index is 2.34. The molecule has 102 valence electrons. The van der Waals surface area contributed by atoms with Crippen LogP contribution in [0.5, 0.6) is 0 Å². The van der Waals surface area contributed by atoms with Crippen LogP contribution >= 0.6 is 11.6 Å². The van der Waals surface area contributed by atoms with Gasteiger partial charge in [-0.2, -0.15) is 5.26 Å².